The Hall–Kier alpha value is -0.0700. The van der Waals surface area contributed by atoms with Crippen molar-refractivity contribution in [3.8, 4) is 0 Å². The Morgan fingerprint density at radius 2 is 1.95 bits per heavy atom. The van der Waals surface area contributed by atoms with Crippen molar-refractivity contribution in [2.45, 2.75) is 44.7 Å². The summed E-state index contributed by atoms with van der Waals surface area (Å²) >= 11 is 0. The zero-order chi connectivity index (χ0) is 14.6. The van der Waals surface area contributed by atoms with Gasteiger partial charge in [-0.15, -0.1) is 24.8 Å². The second-order valence-corrected chi connectivity index (χ2v) is 6.42. The standard InChI is InChI=1S/C15H29N3O2.2ClH/c1-12(18(2)13-4-5-13)10-17-14(19)15(11-20-3)6-8-16-9-7-15;;/h12-13,16H,4-11H2,1-3H3,(H,17,19);2*1H. The smallest absolute Gasteiger partial charge is 0.228 e. The van der Waals surface area contributed by atoms with E-state index in [0.29, 0.717) is 12.6 Å². The van der Waals surface area contributed by atoms with Crippen molar-refractivity contribution in [1.82, 2.24) is 15.5 Å². The molecule has 0 aromatic rings. The zero-order valence-corrected chi connectivity index (χ0v) is 15.5. The molecule has 2 N–H and O–H groups in total. The number of nitrogens with one attached hydrogen (secondary N) is 2. The first kappa shape index (κ1) is 21.9. The molecule has 0 aromatic carbocycles. The molecular weight excluding hydrogens is 325 g/mol. The van der Waals surface area contributed by atoms with Gasteiger partial charge in [-0.05, 0) is 52.7 Å². The minimum absolute atomic E-state index is 0. The molecule has 7 heteroatoms. The Bertz CT molecular complexity index is 329. The van der Waals surface area contributed by atoms with Crippen LogP contribution in [0.4, 0.5) is 0 Å². The number of methoxy groups -OCH3 is 1. The highest BCUT2D eigenvalue weighted by Gasteiger charge is 2.39. The molecule has 1 saturated heterocycles. The molecule has 0 bridgehead atoms. The molecule has 1 heterocycles. The van der Waals surface area contributed by atoms with Crippen molar-refractivity contribution in [1.29, 1.82) is 0 Å². The van der Waals surface area contributed by atoms with Crippen LogP contribution in [-0.2, 0) is 9.53 Å². The normalized spacial score (nSPS) is 21.5. The van der Waals surface area contributed by atoms with E-state index < -0.39 is 0 Å². The number of hydrogen-bond acceptors (Lipinski definition) is 4. The topological polar surface area (TPSA) is 53.6 Å². The summed E-state index contributed by atoms with van der Waals surface area (Å²) in [4.78, 5) is 15.0. The molecular formula is C15H31Cl2N3O2. The lowest BCUT2D eigenvalue weighted by atomic mass is 9.78. The molecule has 132 valence electrons. The Morgan fingerprint density at radius 3 is 2.45 bits per heavy atom. The summed E-state index contributed by atoms with van der Waals surface area (Å²) in [7, 11) is 3.84. The van der Waals surface area contributed by atoms with Crippen LogP contribution < -0.4 is 10.6 Å². The molecule has 22 heavy (non-hydrogen) atoms. The van der Waals surface area contributed by atoms with Crippen LogP contribution >= 0.6 is 24.8 Å². The minimum atomic E-state index is -0.335. The maximum Gasteiger partial charge on any atom is 0.228 e. The third kappa shape index (κ3) is 5.53. The predicted octanol–water partition coefficient (Wildman–Crippen LogP) is 1.45. The second-order valence-electron chi connectivity index (χ2n) is 6.42. The number of halogens is 2. The lowest BCUT2D eigenvalue weighted by Crippen LogP contribution is -2.52. The number of piperidine rings is 1. The number of carbonyl (C=O) groups excluding carboxylic acids is 1. The fourth-order valence-electron chi connectivity index (χ4n) is 3.03. The van der Waals surface area contributed by atoms with Crippen molar-refractivity contribution in [2.24, 2.45) is 5.41 Å². The van der Waals surface area contributed by atoms with E-state index in [2.05, 4.69) is 29.5 Å². The number of carbonyl (C=O) groups is 1. The van der Waals surface area contributed by atoms with Gasteiger partial charge in [0, 0.05) is 25.7 Å². The molecule has 1 unspecified atom stereocenters. The lowest BCUT2D eigenvalue weighted by Gasteiger charge is -2.36. The van der Waals surface area contributed by atoms with E-state index in [0.717, 1.165) is 38.5 Å². The first-order chi connectivity index (χ1) is 9.59. The SMILES string of the molecule is COCC1(C(=O)NCC(C)N(C)C2CC2)CCNCC1.Cl.Cl. The van der Waals surface area contributed by atoms with E-state index in [4.69, 9.17) is 4.74 Å². The zero-order valence-electron chi connectivity index (χ0n) is 13.9. The summed E-state index contributed by atoms with van der Waals surface area (Å²) in [6.45, 7) is 5.23. The number of nitrogens with zero attached hydrogens (tertiary/aromatic N) is 1. The van der Waals surface area contributed by atoms with Gasteiger partial charge >= 0.3 is 0 Å². The summed E-state index contributed by atoms with van der Waals surface area (Å²) in [6.07, 6.45) is 4.32. The molecule has 0 radical (unpaired) electrons. The van der Waals surface area contributed by atoms with Gasteiger partial charge in [0.1, 0.15) is 0 Å². The summed E-state index contributed by atoms with van der Waals surface area (Å²) in [5.74, 6) is 0.164. The largest absolute Gasteiger partial charge is 0.384 e. The third-order valence-electron chi connectivity index (χ3n) is 4.84. The quantitative estimate of drug-likeness (QED) is 0.725. The lowest BCUT2D eigenvalue weighted by molar-refractivity contribution is -0.136. The van der Waals surface area contributed by atoms with Crippen LogP contribution in [0.15, 0.2) is 0 Å². The Balaban J connectivity index is 0.00000220. The fourth-order valence-corrected chi connectivity index (χ4v) is 3.03. The first-order valence-electron chi connectivity index (χ1n) is 7.79. The molecule has 5 nitrogen and oxygen atoms in total. The maximum absolute atomic E-state index is 12.6. The van der Waals surface area contributed by atoms with Gasteiger partial charge in [0.15, 0.2) is 0 Å². The molecule has 1 amide bonds. The molecule has 0 spiro atoms. The minimum Gasteiger partial charge on any atom is -0.384 e. The summed E-state index contributed by atoms with van der Waals surface area (Å²) in [6, 6.07) is 1.13. The van der Waals surface area contributed by atoms with E-state index in [1.165, 1.54) is 12.8 Å². The first-order valence-corrected chi connectivity index (χ1v) is 7.79. The van der Waals surface area contributed by atoms with Crippen molar-refractivity contribution < 1.29 is 9.53 Å². The van der Waals surface area contributed by atoms with Crippen LogP contribution in [-0.4, -0.2) is 63.3 Å². The number of likely N-dealkylation sites (N-methyl/N-ethyl adjacent to an activating group) is 1. The van der Waals surface area contributed by atoms with Crippen molar-refractivity contribution in [3.05, 3.63) is 0 Å². The van der Waals surface area contributed by atoms with Crippen molar-refractivity contribution >= 4 is 30.7 Å². The van der Waals surface area contributed by atoms with Crippen LogP contribution in [0.2, 0.25) is 0 Å². The molecule has 1 aliphatic heterocycles. The van der Waals surface area contributed by atoms with Crippen LogP contribution in [0.1, 0.15) is 32.6 Å². The third-order valence-corrected chi connectivity index (χ3v) is 4.84. The van der Waals surface area contributed by atoms with Crippen LogP contribution in [0.5, 0.6) is 0 Å². The monoisotopic (exact) mass is 355 g/mol. The van der Waals surface area contributed by atoms with Gasteiger partial charge in [0.2, 0.25) is 5.91 Å². The van der Waals surface area contributed by atoms with Gasteiger partial charge in [-0.25, -0.2) is 0 Å². The molecule has 1 saturated carbocycles. The van der Waals surface area contributed by atoms with Crippen LogP contribution in [0, 0.1) is 5.41 Å². The fraction of sp³-hybridized carbons (Fsp3) is 0.933. The number of rotatable bonds is 7. The Labute approximate surface area is 146 Å². The summed E-state index contributed by atoms with van der Waals surface area (Å²) < 4.78 is 5.31. The Kier molecular flexibility index (Phi) is 9.90. The van der Waals surface area contributed by atoms with Gasteiger partial charge in [-0.2, -0.15) is 0 Å². The summed E-state index contributed by atoms with van der Waals surface area (Å²) in [5, 5.41) is 6.47. The maximum atomic E-state index is 12.6. The average Bonchev–Trinajstić information content (AvgIpc) is 3.29. The van der Waals surface area contributed by atoms with Gasteiger partial charge < -0.3 is 15.4 Å². The highest BCUT2D eigenvalue weighted by atomic mass is 35.5. The Morgan fingerprint density at radius 1 is 1.36 bits per heavy atom. The second kappa shape index (κ2) is 9.93. The number of ether oxygens (including phenoxy) is 1. The van der Waals surface area contributed by atoms with E-state index in [1.807, 2.05) is 0 Å². The van der Waals surface area contributed by atoms with Crippen molar-refractivity contribution in [2.75, 3.05) is 40.4 Å². The van der Waals surface area contributed by atoms with Crippen LogP contribution in [0.25, 0.3) is 0 Å². The predicted molar refractivity (Wildman–Crippen MR) is 94.2 cm³/mol. The molecule has 1 aliphatic carbocycles. The van der Waals surface area contributed by atoms with Crippen LogP contribution in [0.3, 0.4) is 0 Å². The van der Waals surface area contributed by atoms with Gasteiger partial charge in [-0.3, -0.25) is 9.69 Å². The van der Waals surface area contributed by atoms with E-state index in [-0.39, 0.29) is 36.1 Å². The van der Waals surface area contributed by atoms with Gasteiger partial charge in [0.25, 0.3) is 0 Å². The van der Waals surface area contributed by atoms with Crippen molar-refractivity contribution in [3.63, 3.8) is 0 Å². The number of amides is 1. The van der Waals surface area contributed by atoms with E-state index in [9.17, 15) is 4.79 Å². The highest BCUT2D eigenvalue weighted by Crippen LogP contribution is 2.30. The van der Waals surface area contributed by atoms with E-state index >= 15 is 0 Å². The van der Waals surface area contributed by atoms with Gasteiger partial charge in [-0.1, -0.05) is 0 Å². The highest BCUT2D eigenvalue weighted by molar-refractivity contribution is 5.85. The van der Waals surface area contributed by atoms with E-state index in [1.54, 1.807) is 7.11 Å². The molecule has 1 atom stereocenters. The summed E-state index contributed by atoms with van der Waals surface area (Å²) in [5.41, 5.74) is -0.335. The average molecular weight is 356 g/mol. The van der Waals surface area contributed by atoms with Gasteiger partial charge in [0.05, 0.1) is 12.0 Å². The molecule has 2 aliphatic rings. The molecule has 2 fully saturated rings. The molecule has 0 aromatic heterocycles. The number of hydrogen-bond donors (Lipinski definition) is 2. The molecule has 2 rings (SSSR count).